The van der Waals surface area contributed by atoms with Crippen LogP contribution in [0.15, 0.2) is 24.4 Å². The van der Waals surface area contributed by atoms with Gasteiger partial charge in [0.05, 0.1) is 6.20 Å². The molecule has 1 aromatic carbocycles. The van der Waals surface area contributed by atoms with Crippen molar-refractivity contribution in [3.63, 3.8) is 0 Å². The summed E-state index contributed by atoms with van der Waals surface area (Å²) in [5.74, 6) is 1.06. The van der Waals surface area contributed by atoms with Crippen molar-refractivity contribution < 1.29 is 4.39 Å². The molecule has 3 aromatic rings. The Bertz CT molecular complexity index is 978. The van der Waals surface area contributed by atoms with Crippen molar-refractivity contribution in [3.8, 4) is 0 Å². The summed E-state index contributed by atoms with van der Waals surface area (Å²) in [6.07, 6.45) is 1.67. The Hall–Kier alpha value is -2.45. The van der Waals surface area contributed by atoms with E-state index in [1.54, 1.807) is 24.4 Å². The molecule has 150 valence electrons. The Kier molecular flexibility index (Phi) is 5.71. The largest absolute Gasteiger partial charge is 0.350 e. The average molecular weight is 406 g/mol. The van der Waals surface area contributed by atoms with Crippen LogP contribution in [0.1, 0.15) is 33.3 Å². The van der Waals surface area contributed by atoms with Crippen LogP contribution in [0.5, 0.6) is 0 Å². The van der Waals surface area contributed by atoms with Gasteiger partial charge in [0.15, 0.2) is 5.65 Å². The smallest absolute Gasteiger partial charge is 0.225 e. The zero-order valence-corrected chi connectivity index (χ0v) is 17.2. The van der Waals surface area contributed by atoms with E-state index in [-0.39, 0.29) is 11.6 Å². The molecule has 2 aromatic heterocycles. The summed E-state index contributed by atoms with van der Waals surface area (Å²) in [4.78, 5) is 13.6. The molecule has 0 aliphatic rings. The summed E-state index contributed by atoms with van der Waals surface area (Å²) in [7, 11) is 0. The second kappa shape index (κ2) is 7.89. The van der Waals surface area contributed by atoms with E-state index in [0.29, 0.717) is 45.9 Å². The number of nitrogens with one attached hydrogen (secondary N) is 2. The van der Waals surface area contributed by atoms with Crippen LogP contribution in [0.2, 0.25) is 5.02 Å². The van der Waals surface area contributed by atoms with Gasteiger partial charge in [0, 0.05) is 28.8 Å². The van der Waals surface area contributed by atoms with E-state index in [0.717, 1.165) is 0 Å². The SMILES string of the molecule is CC(N)Cn1c(Nc2cc(Cl)cc(CF)c2)nc2cnc(NC(C)(C)C)nc21. The van der Waals surface area contributed by atoms with E-state index in [1.165, 1.54) is 0 Å². The highest BCUT2D eigenvalue weighted by Gasteiger charge is 2.17. The van der Waals surface area contributed by atoms with E-state index in [1.807, 2.05) is 32.3 Å². The molecule has 0 fully saturated rings. The van der Waals surface area contributed by atoms with Gasteiger partial charge < -0.3 is 16.4 Å². The number of aromatic nitrogens is 4. The molecule has 1 unspecified atom stereocenters. The first-order valence-corrected chi connectivity index (χ1v) is 9.42. The van der Waals surface area contributed by atoms with Crippen molar-refractivity contribution in [2.45, 2.75) is 52.5 Å². The molecule has 0 saturated carbocycles. The summed E-state index contributed by atoms with van der Waals surface area (Å²) in [5.41, 5.74) is 8.29. The number of nitrogens with two attached hydrogens (primary N) is 1. The molecule has 9 heteroatoms. The minimum atomic E-state index is -0.598. The molecule has 0 aliphatic carbocycles. The Morgan fingerprint density at radius 1 is 1.25 bits per heavy atom. The van der Waals surface area contributed by atoms with Gasteiger partial charge in [0.2, 0.25) is 11.9 Å². The van der Waals surface area contributed by atoms with E-state index in [9.17, 15) is 4.39 Å². The summed E-state index contributed by atoms with van der Waals surface area (Å²) in [6.45, 7) is 7.92. The van der Waals surface area contributed by atoms with Crippen LogP contribution in [0.3, 0.4) is 0 Å². The first-order chi connectivity index (χ1) is 13.1. The van der Waals surface area contributed by atoms with E-state index in [2.05, 4.69) is 25.6 Å². The van der Waals surface area contributed by atoms with Crippen molar-refractivity contribution in [2.24, 2.45) is 5.73 Å². The molecule has 3 rings (SSSR count). The summed E-state index contributed by atoms with van der Waals surface area (Å²) in [6, 6.07) is 4.88. The van der Waals surface area contributed by atoms with Gasteiger partial charge in [-0.3, -0.25) is 4.57 Å². The van der Waals surface area contributed by atoms with Crippen LogP contribution >= 0.6 is 11.6 Å². The number of imidazole rings is 1. The highest BCUT2D eigenvalue weighted by Crippen LogP contribution is 2.26. The molecule has 2 heterocycles. The van der Waals surface area contributed by atoms with Gasteiger partial charge in [-0.2, -0.15) is 4.98 Å². The zero-order chi connectivity index (χ0) is 20.5. The van der Waals surface area contributed by atoms with Gasteiger partial charge in [-0.25, -0.2) is 14.4 Å². The third-order valence-electron chi connectivity index (χ3n) is 3.81. The zero-order valence-electron chi connectivity index (χ0n) is 16.4. The fourth-order valence-electron chi connectivity index (χ4n) is 2.80. The van der Waals surface area contributed by atoms with Crippen LogP contribution < -0.4 is 16.4 Å². The van der Waals surface area contributed by atoms with Crippen molar-refractivity contribution in [3.05, 3.63) is 35.0 Å². The third-order valence-corrected chi connectivity index (χ3v) is 4.03. The summed E-state index contributed by atoms with van der Waals surface area (Å²) in [5, 5.41) is 6.92. The lowest BCUT2D eigenvalue weighted by Crippen LogP contribution is -2.27. The topological polar surface area (TPSA) is 93.7 Å². The number of rotatable bonds is 6. The Morgan fingerprint density at radius 2 is 2.00 bits per heavy atom. The maximum absolute atomic E-state index is 13.1. The first-order valence-electron chi connectivity index (χ1n) is 9.04. The molecule has 0 amide bonds. The summed E-state index contributed by atoms with van der Waals surface area (Å²) >= 11 is 6.10. The molecular weight excluding hydrogens is 381 g/mol. The average Bonchev–Trinajstić information content (AvgIpc) is 2.89. The lowest BCUT2D eigenvalue weighted by Gasteiger charge is -2.20. The lowest BCUT2D eigenvalue weighted by atomic mass is 10.1. The number of nitrogens with zero attached hydrogens (tertiary/aromatic N) is 4. The van der Waals surface area contributed by atoms with E-state index < -0.39 is 6.67 Å². The monoisotopic (exact) mass is 405 g/mol. The molecular formula is C19H25ClFN7. The van der Waals surface area contributed by atoms with Crippen molar-refractivity contribution in [2.75, 3.05) is 10.6 Å². The lowest BCUT2D eigenvalue weighted by molar-refractivity contribution is 0.485. The number of benzene rings is 1. The number of fused-ring (bicyclic) bond motifs is 1. The van der Waals surface area contributed by atoms with E-state index >= 15 is 0 Å². The Balaban J connectivity index is 2.04. The van der Waals surface area contributed by atoms with Crippen molar-refractivity contribution in [1.29, 1.82) is 0 Å². The minimum Gasteiger partial charge on any atom is -0.350 e. The van der Waals surface area contributed by atoms with Crippen LogP contribution in [-0.4, -0.2) is 31.1 Å². The molecule has 0 saturated heterocycles. The van der Waals surface area contributed by atoms with Gasteiger partial charge in [0.25, 0.3) is 0 Å². The quantitative estimate of drug-likeness (QED) is 0.567. The molecule has 1 atom stereocenters. The van der Waals surface area contributed by atoms with Crippen LogP contribution in [0, 0.1) is 0 Å². The molecule has 0 aliphatic heterocycles. The highest BCUT2D eigenvalue weighted by atomic mass is 35.5. The number of alkyl halides is 1. The molecule has 7 nitrogen and oxygen atoms in total. The van der Waals surface area contributed by atoms with Gasteiger partial charge in [-0.1, -0.05) is 11.6 Å². The first kappa shape index (κ1) is 20.3. The second-order valence-electron chi connectivity index (χ2n) is 7.91. The maximum atomic E-state index is 13.1. The number of hydrogen-bond donors (Lipinski definition) is 3. The Morgan fingerprint density at radius 3 is 2.64 bits per heavy atom. The maximum Gasteiger partial charge on any atom is 0.225 e. The molecule has 0 spiro atoms. The minimum absolute atomic E-state index is 0.118. The predicted molar refractivity (Wildman–Crippen MR) is 112 cm³/mol. The fourth-order valence-corrected chi connectivity index (χ4v) is 3.06. The third kappa shape index (κ3) is 4.88. The number of halogens is 2. The normalized spacial score (nSPS) is 13.0. The standard InChI is InChI=1S/C19H25ClFN7/c1-11(22)10-28-16-15(9-23-17(26-16)27-19(2,3)4)25-18(28)24-14-6-12(8-21)5-13(20)7-14/h5-7,9,11H,8,10,22H2,1-4H3,(H,24,25)(H,23,26,27). The van der Waals surface area contributed by atoms with Gasteiger partial charge in [0.1, 0.15) is 12.2 Å². The number of hydrogen-bond acceptors (Lipinski definition) is 6. The molecule has 28 heavy (non-hydrogen) atoms. The fraction of sp³-hybridized carbons (Fsp3) is 0.421. The van der Waals surface area contributed by atoms with E-state index in [4.69, 9.17) is 17.3 Å². The predicted octanol–water partition coefficient (Wildman–Crippen LogP) is 4.25. The Labute approximate surface area is 168 Å². The van der Waals surface area contributed by atoms with Crippen molar-refractivity contribution in [1.82, 2.24) is 19.5 Å². The summed E-state index contributed by atoms with van der Waals surface area (Å²) < 4.78 is 15.0. The number of anilines is 3. The highest BCUT2D eigenvalue weighted by molar-refractivity contribution is 6.30. The second-order valence-corrected chi connectivity index (χ2v) is 8.34. The van der Waals surface area contributed by atoms with Gasteiger partial charge >= 0.3 is 0 Å². The van der Waals surface area contributed by atoms with Crippen LogP contribution in [-0.2, 0) is 13.2 Å². The molecule has 0 bridgehead atoms. The van der Waals surface area contributed by atoms with Gasteiger partial charge in [-0.15, -0.1) is 0 Å². The van der Waals surface area contributed by atoms with Gasteiger partial charge in [-0.05, 0) is 51.5 Å². The van der Waals surface area contributed by atoms with Crippen molar-refractivity contribution >= 4 is 40.3 Å². The molecule has 4 N–H and O–H groups in total. The van der Waals surface area contributed by atoms with Crippen LogP contribution in [0.4, 0.5) is 22.0 Å². The van der Waals surface area contributed by atoms with Crippen LogP contribution in [0.25, 0.3) is 11.2 Å². The molecule has 0 radical (unpaired) electrons.